The Morgan fingerprint density at radius 3 is 3.00 bits per heavy atom. The normalized spacial score (nSPS) is 23.2. The van der Waals surface area contributed by atoms with Crippen molar-refractivity contribution in [3.8, 4) is 0 Å². The minimum atomic E-state index is 0.527. The summed E-state index contributed by atoms with van der Waals surface area (Å²) < 4.78 is 0. The van der Waals surface area contributed by atoms with E-state index in [1.54, 1.807) is 0 Å². The van der Waals surface area contributed by atoms with Crippen LogP contribution >= 0.6 is 23.1 Å². The molecule has 1 N–H and O–H groups in total. The lowest BCUT2D eigenvalue weighted by molar-refractivity contribution is 0.491. The molecule has 1 aliphatic heterocycles. The van der Waals surface area contributed by atoms with E-state index in [9.17, 15) is 0 Å². The van der Waals surface area contributed by atoms with Crippen molar-refractivity contribution >= 4 is 23.1 Å². The second kappa shape index (κ2) is 5.37. The van der Waals surface area contributed by atoms with Gasteiger partial charge in [0, 0.05) is 27.6 Å². The average Bonchev–Trinajstić information content (AvgIpc) is 2.86. The van der Waals surface area contributed by atoms with Crippen LogP contribution in [0.15, 0.2) is 12.1 Å². The topological polar surface area (TPSA) is 12.0 Å². The smallest absolute Gasteiger partial charge is 0.0388 e. The highest BCUT2D eigenvalue weighted by molar-refractivity contribution is 7.99. The molecule has 15 heavy (non-hydrogen) atoms. The number of hydrogen-bond donors (Lipinski definition) is 1. The third kappa shape index (κ3) is 2.99. The van der Waals surface area contributed by atoms with Gasteiger partial charge in [0.15, 0.2) is 0 Å². The van der Waals surface area contributed by atoms with E-state index in [-0.39, 0.29) is 0 Å². The third-order valence-electron chi connectivity index (χ3n) is 2.87. The Labute approximate surface area is 101 Å². The highest BCUT2D eigenvalue weighted by Crippen LogP contribution is 2.26. The summed E-state index contributed by atoms with van der Waals surface area (Å²) in [5, 5.41) is 3.72. The molecule has 1 aromatic rings. The van der Waals surface area contributed by atoms with Crippen molar-refractivity contribution in [3.05, 3.63) is 21.9 Å². The molecule has 1 fully saturated rings. The fourth-order valence-electron chi connectivity index (χ4n) is 1.92. The van der Waals surface area contributed by atoms with Gasteiger partial charge in [-0.25, -0.2) is 0 Å². The van der Waals surface area contributed by atoms with Gasteiger partial charge in [-0.2, -0.15) is 11.8 Å². The molecule has 0 radical (unpaired) electrons. The summed E-state index contributed by atoms with van der Waals surface area (Å²) in [7, 11) is 0. The molecule has 2 heterocycles. The van der Waals surface area contributed by atoms with E-state index in [2.05, 4.69) is 43.1 Å². The summed E-state index contributed by atoms with van der Waals surface area (Å²) in [4.78, 5) is 2.99. The standard InChI is InChI=1S/C12H19NS2/c1-3-11-4-5-12(15-11)9(2)13-10-6-7-14-8-10/h4-5,9-10,13H,3,6-8H2,1-2H3. The first-order chi connectivity index (χ1) is 7.29. The fraction of sp³-hybridized carbons (Fsp3) is 0.667. The molecule has 0 saturated carbocycles. The highest BCUT2D eigenvalue weighted by atomic mass is 32.2. The van der Waals surface area contributed by atoms with Crippen molar-refractivity contribution in [1.82, 2.24) is 5.32 Å². The van der Waals surface area contributed by atoms with Gasteiger partial charge in [-0.3, -0.25) is 0 Å². The third-order valence-corrected chi connectivity index (χ3v) is 5.45. The minimum Gasteiger partial charge on any atom is -0.306 e. The Hall–Kier alpha value is 0.01000. The molecule has 2 rings (SSSR count). The molecule has 0 aromatic carbocycles. The quantitative estimate of drug-likeness (QED) is 0.866. The van der Waals surface area contributed by atoms with Crippen LogP contribution < -0.4 is 5.32 Å². The van der Waals surface area contributed by atoms with Crippen LogP contribution in [0.5, 0.6) is 0 Å². The van der Waals surface area contributed by atoms with Crippen molar-refractivity contribution in [1.29, 1.82) is 0 Å². The summed E-state index contributed by atoms with van der Waals surface area (Å²) in [6, 6.07) is 5.81. The molecule has 0 bridgehead atoms. The van der Waals surface area contributed by atoms with Gasteiger partial charge < -0.3 is 5.32 Å². The number of thiophene rings is 1. The maximum absolute atomic E-state index is 3.72. The molecule has 1 aliphatic rings. The SMILES string of the molecule is CCc1ccc(C(C)NC2CCSC2)s1. The minimum absolute atomic E-state index is 0.527. The van der Waals surface area contributed by atoms with Gasteiger partial charge in [0.25, 0.3) is 0 Å². The molecule has 84 valence electrons. The highest BCUT2D eigenvalue weighted by Gasteiger charge is 2.18. The number of thioether (sulfide) groups is 1. The zero-order chi connectivity index (χ0) is 10.7. The molecule has 0 spiro atoms. The van der Waals surface area contributed by atoms with E-state index in [1.807, 2.05) is 11.3 Å². The second-order valence-electron chi connectivity index (χ2n) is 4.11. The van der Waals surface area contributed by atoms with Gasteiger partial charge in [0.2, 0.25) is 0 Å². The Bertz CT molecular complexity index is 302. The van der Waals surface area contributed by atoms with E-state index in [1.165, 1.54) is 27.7 Å². The molecule has 1 nitrogen and oxygen atoms in total. The molecule has 1 saturated heterocycles. The summed E-state index contributed by atoms with van der Waals surface area (Å²) in [5.41, 5.74) is 0. The molecular formula is C12H19NS2. The van der Waals surface area contributed by atoms with Crippen LogP contribution in [0, 0.1) is 0 Å². The average molecular weight is 241 g/mol. The lowest BCUT2D eigenvalue weighted by atomic mass is 10.2. The van der Waals surface area contributed by atoms with E-state index < -0.39 is 0 Å². The maximum Gasteiger partial charge on any atom is 0.0388 e. The second-order valence-corrected chi connectivity index (χ2v) is 6.46. The van der Waals surface area contributed by atoms with Crippen LogP contribution in [0.25, 0.3) is 0 Å². The molecular weight excluding hydrogens is 222 g/mol. The predicted molar refractivity (Wildman–Crippen MR) is 71.0 cm³/mol. The first kappa shape index (κ1) is 11.5. The lowest BCUT2D eigenvalue weighted by Crippen LogP contribution is -2.30. The Kier molecular flexibility index (Phi) is 4.12. The number of rotatable bonds is 4. The van der Waals surface area contributed by atoms with Gasteiger partial charge in [0.1, 0.15) is 0 Å². The monoisotopic (exact) mass is 241 g/mol. The van der Waals surface area contributed by atoms with Gasteiger partial charge >= 0.3 is 0 Å². The summed E-state index contributed by atoms with van der Waals surface area (Å²) >= 11 is 4.03. The van der Waals surface area contributed by atoms with Crippen molar-refractivity contribution in [2.24, 2.45) is 0 Å². The van der Waals surface area contributed by atoms with Crippen molar-refractivity contribution in [3.63, 3.8) is 0 Å². The van der Waals surface area contributed by atoms with Gasteiger partial charge in [0.05, 0.1) is 0 Å². The Morgan fingerprint density at radius 2 is 2.40 bits per heavy atom. The molecule has 2 atom stereocenters. The summed E-state index contributed by atoms with van der Waals surface area (Å²) in [6.07, 6.45) is 2.50. The lowest BCUT2D eigenvalue weighted by Gasteiger charge is -2.17. The summed E-state index contributed by atoms with van der Waals surface area (Å²) in [5.74, 6) is 2.62. The Morgan fingerprint density at radius 1 is 1.53 bits per heavy atom. The van der Waals surface area contributed by atoms with Crippen LogP contribution in [0.2, 0.25) is 0 Å². The first-order valence-corrected chi connectivity index (χ1v) is 7.69. The van der Waals surface area contributed by atoms with Crippen molar-refractivity contribution in [2.45, 2.75) is 38.8 Å². The largest absolute Gasteiger partial charge is 0.306 e. The molecule has 2 unspecified atom stereocenters. The molecule has 0 amide bonds. The van der Waals surface area contributed by atoms with Crippen LogP contribution in [0.1, 0.15) is 36.1 Å². The first-order valence-electron chi connectivity index (χ1n) is 5.72. The number of aryl methyl sites for hydroxylation is 1. The predicted octanol–water partition coefficient (Wildman–Crippen LogP) is 3.47. The summed E-state index contributed by atoms with van der Waals surface area (Å²) in [6.45, 7) is 4.51. The van der Waals surface area contributed by atoms with E-state index in [0.717, 1.165) is 12.5 Å². The van der Waals surface area contributed by atoms with Gasteiger partial charge in [-0.1, -0.05) is 6.92 Å². The number of nitrogens with one attached hydrogen (secondary N) is 1. The zero-order valence-electron chi connectivity index (χ0n) is 9.45. The number of hydrogen-bond acceptors (Lipinski definition) is 3. The zero-order valence-corrected chi connectivity index (χ0v) is 11.1. The van der Waals surface area contributed by atoms with Crippen LogP contribution in [-0.4, -0.2) is 17.5 Å². The maximum atomic E-state index is 3.72. The van der Waals surface area contributed by atoms with E-state index in [0.29, 0.717) is 6.04 Å². The van der Waals surface area contributed by atoms with Crippen molar-refractivity contribution in [2.75, 3.05) is 11.5 Å². The van der Waals surface area contributed by atoms with E-state index in [4.69, 9.17) is 0 Å². The molecule has 3 heteroatoms. The fourth-order valence-corrected chi connectivity index (χ4v) is 4.05. The van der Waals surface area contributed by atoms with Crippen molar-refractivity contribution < 1.29 is 0 Å². The Balaban J connectivity index is 1.91. The van der Waals surface area contributed by atoms with Crippen LogP contribution in [0.4, 0.5) is 0 Å². The van der Waals surface area contributed by atoms with Crippen LogP contribution in [-0.2, 0) is 6.42 Å². The molecule has 0 aliphatic carbocycles. The van der Waals surface area contributed by atoms with Crippen LogP contribution in [0.3, 0.4) is 0 Å². The van der Waals surface area contributed by atoms with Gasteiger partial charge in [-0.05, 0) is 37.7 Å². The van der Waals surface area contributed by atoms with E-state index >= 15 is 0 Å². The van der Waals surface area contributed by atoms with Gasteiger partial charge in [-0.15, -0.1) is 11.3 Å². The molecule has 1 aromatic heterocycles.